The summed E-state index contributed by atoms with van der Waals surface area (Å²) in [4.78, 5) is 21.4. The first-order valence-electron chi connectivity index (χ1n) is 4.96. The van der Waals surface area contributed by atoms with E-state index in [2.05, 4.69) is 5.32 Å². The van der Waals surface area contributed by atoms with Crippen LogP contribution in [0, 0.1) is 5.82 Å². The monoisotopic (exact) mass is 237 g/mol. The molecule has 1 unspecified atom stereocenters. The SMILES string of the molecule is CC(NC(=O)/C=C/C(=O)O)c1ccccc1F. The number of carbonyl (C=O) groups excluding carboxylic acids is 1. The Morgan fingerprint density at radius 2 is 2.00 bits per heavy atom. The highest BCUT2D eigenvalue weighted by molar-refractivity contribution is 5.94. The molecule has 2 N–H and O–H groups in total. The minimum Gasteiger partial charge on any atom is -0.478 e. The van der Waals surface area contributed by atoms with Gasteiger partial charge in [0.1, 0.15) is 5.82 Å². The van der Waals surface area contributed by atoms with Crippen LogP contribution in [0.2, 0.25) is 0 Å². The third-order valence-electron chi connectivity index (χ3n) is 2.11. The molecule has 0 aliphatic rings. The Balaban J connectivity index is 2.67. The third kappa shape index (κ3) is 4.06. The number of hydrogen-bond donors (Lipinski definition) is 2. The maximum Gasteiger partial charge on any atom is 0.328 e. The topological polar surface area (TPSA) is 66.4 Å². The van der Waals surface area contributed by atoms with Crippen LogP contribution >= 0.6 is 0 Å². The number of carboxylic acids is 1. The summed E-state index contributed by atoms with van der Waals surface area (Å²) in [6.07, 6.45) is 1.61. The Kier molecular flexibility index (Phi) is 4.39. The van der Waals surface area contributed by atoms with Crippen molar-refractivity contribution >= 4 is 11.9 Å². The van der Waals surface area contributed by atoms with E-state index in [1.165, 1.54) is 6.07 Å². The Morgan fingerprint density at radius 1 is 1.35 bits per heavy atom. The lowest BCUT2D eigenvalue weighted by molar-refractivity contribution is -0.131. The van der Waals surface area contributed by atoms with Crippen LogP contribution < -0.4 is 5.32 Å². The largest absolute Gasteiger partial charge is 0.478 e. The van der Waals surface area contributed by atoms with Gasteiger partial charge in [0.05, 0.1) is 6.04 Å². The second-order valence-corrected chi connectivity index (χ2v) is 3.42. The fraction of sp³-hybridized carbons (Fsp3) is 0.167. The average Bonchev–Trinajstić information content (AvgIpc) is 2.26. The first-order chi connectivity index (χ1) is 8.00. The Hall–Kier alpha value is -2.17. The lowest BCUT2D eigenvalue weighted by Crippen LogP contribution is -2.25. The maximum atomic E-state index is 13.3. The van der Waals surface area contributed by atoms with Gasteiger partial charge < -0.3 is 10.4 Å². The Morgan fingerprint density at radius 3 is 2.59 bits per heavy atom. The van der Waals surface area contributed by atoms with Gasteiger partial charge in [-0.3, -0.25) is 4.79 Å². The molecule has 5 heteroatoms. The van der Waals surface area contributed by atoms with Crippen LogP contribution in [0.4, 0.5) is 4.39 Å². The van der Waals surface area contributed by atoms with Crippen molar-refractivity contribution in [1.29, 1.82) is 0 Å². The zero-order chi connectivity index (χ0) is 12.8. The van der Waals surface area contributed by atoms with E-state index in [0.717, 1.165) is 12.2 Å². The summed E-state index contributed by atoms with van der Waals surface area (Å²) in [6, 6.07) is 5.54. The van der Waals surface area contributed by atoms with Crippen molar-refractivity contribution in [2.75, 3.05) is 0 Å². The zero-order valence-electron chi connectivity index (χ0n) is 9.18. The van der Waals surface area contributed by atoms with E-state index in [4.69, 9.17) is 5.11 Å². The second-order valence-electron chi connectivity index (χ2n) is 3.42. The van der Waals surface area contributed by atoms with E-state index >= 15 is 0 Å². The van der Waals surface area contributed by atoms with E-state index in [1.54, 1.807) is 25.1 Å². The van der Waals surface area contributed by atoms with E-state index in [1.807, 2.05) is 0 Å². The van der Waals surface area contributed by atoms with E-state index in [-0.39, 0.29) is 0 Å². The molecule has 1 aromatic rings. The minimum atomic E-state index is -1.21. The molecule has 17 heavy (non-hydrogen) atoms. The van der Waals surface area contributed by atoms with Gasteiger partial charge in [-0.05, 0) is 13.0 Å². The summed E-state index contributed by atoms with van der Waals surface area (Å²) in [5.41, 5.74) is 0.351. The molecular weight excluding hydrogens is 225 g/mol. The van der Waals surface area contributed by atoms with E-state index < -0.39 is 23.7 Å². The number of halogens is 1. The fourth-order valence-electron chi connectivity index (χ4n) is 1.31. The van der Waals surface area contributed by atoms with Crippen LogP contribution in [0.25, 0.3) is 0 Å². The Bertz CT molecular complexity index is 457. The van der Waals surface area contributed by atoms with Crippen molar-refractivity contribution in [2.24, 2.45) is 0 Å². The second kappa shape index (κ2) is 5.79. The van der Waals surface area contributed by atoms with Crippen LogP contribution in [0.5, 0.6) is 0 Å². The lowest BCUT2D eigenvalue weighted by Gasteiger charge is -2.13. The maximum absolute atomic E-state index is 13.3. The van der Waals surface area contributed by atoms with Gasteiger partial charge in [-0.1, -0.05) is 18.2 Å². The van der Waals surface area contributed by atoms with Crippen LogP contribution in [-0.2, 0) is 9.59 Å². The van der Waals surface area contributed by atoms with Gasteiger partial charge in [0.15, 0.2) is 0 Å². The lowest BCUT2D eigenvalue weighted by atomic mass is 10.1. The molecule has 0 aromatic heterocycles. The molecule has 0 saturated heterocycles. The first-order valence-corrected chi connectivity index (χ1v) is 4.96. The molecule has 1 aromatic carbocycles. The normalized spacial score (nSPS) is 12.4. The molecule has 0 bridgehead atoms. The van der Waals surface area contributed by atoms with Gasteiger partial charge >= 0.3 is 5.97 Å². The number of hydrogen-bond acceptors (Lipinski definition) is 2. The first kappa shape index (κ1) is 12.9. The highest BCUT2D eigenvalue weighted by atomic mass is 19.1. The fourth-order valence-corrected chi connectivity index (χ4v) is 1.31. The average molecular weight is 237 g/mol. The van der Waals surface area contributed by atoms with E-state index in [0.29, 0.717) is 5.56 Å². The predicted molar refractivity (Wildman–Crippen MR) is 59.7 cm³/mol. The highest BCUT2D eigenvalue weighted by Gasteiger charge is 2.11. The van der Waals surface area contributed by atoms with Gasteiger partial charge in [-0.15, -0.1) is 0 Å². The van der Waals surface area contributed by atoms with Gasteiger partial charge in [0, 0.05) is 17.7 Å². The molecule has 4 nitrogen and oxygen atoms in total. The molecule has 1 atom stereocenters. The van der Waals surface area contributed by atoms with Gasteiger partial charge in [0.2, 0.25) is 5.91 Å². The van der Waals surface area contributed by atoms with Gasteiger partial charge in [-0.2, -0.15) is 0 Å². The van der Waals surface area contributed by atoms with Crippen LogP contribution in [0.1, 0.15) is 18.5 Å². The number of amides is 1. The quantitative estimate of drug-likeness (QED) is 0.782. The summed E-state index contributed by atoms with van der Waals surface area (Å²) in [6.45, 7) is 1.62. The summed E-state index contributed by atoms with van der Waals surface area (Å²) in [7, 11) is 0. The van der Waals surface area contributed by atoms with Gasteiger partial charge in [0.25, 0.3) is 0 Å². The number of aliphatic carboxylic acids is 1. The zero-order valence-corrected chi connectivity index (χ0v) is 9.18. The molecule has 1 rings (SSSR count). The number of benzene rings is 1. The smallest absolute Gasteiger partial charge is 0.328 e. The molecule has 0 aliphatic carbocycles. The van der Waals surface area contributed by atoms with Crippen molar-refractivity contribution in [3.05, 3.63) is 47.8 Å². The van der Waals surface area contributed by atoms with Crippen molar-refractivity contribution in [2.45, 2.75) is 13.0 Å². The van der Waals surface area contributed by atoms with Crippen molar-refractivity contribution in [3.63, 3.8) is 0 Å². The summed E-state index contributed by atoms with van der Waals surface area (Å²) < 4.78 is 13.3. The number of carbonyl (C=O) groups is 2. The molecule has 0 radical (unpaired) electrons. The molecule has 0 spiro atoms. The summed E-state index contributed by atoms with van der Waals surface area (Å²) in [5.74, 6) is -2.20. The minimum absolute atomic E-state index is 0.351. The molecule has 0 saturated carbocycles. The van der Waals surface area contributed by atoms with Crippen LogP contribution in [0.3, 0.4) is 0 Å². The molecule has 90 valence electrons. The molecule has 0 fully saturated rings. The standard InChI is InChI=1S/C12H12FNO3/c1-8(9-4-2-3-5-10(9)13)14-11(15)6-7-12(16)17/h2-8H,1H3,(H,14,15)(H,16,17)/b7-6+. The number of rotatable bonds is 4. The van der Waals surface area contributed by atoms with Crippen molar-refractivity contribution in [1.82, 2.24) is 5.32 Å². The van der Waals surface area contributed by atoms with Crippen molar-refractivity contribution < 1.29 is 19.1 Å². The molecular formula is C12H12FNO3. The predicted octanol–water partition coefficient (Wildman–Crippen LogP) is 1.64. The van der Waals surface area contributed by atoms with Crippen LogP contribution in [0.15, 0.2) is 36.4 Å². The molecule has 0 aliphatic heterocycles. The summed E-state index contributed by atoms with van der Waals surface area (Å²) in [5, 5.41) is 10.8. The highest BCUT2D eigenvalue weighted by Crippen LogP contribution is 2.15. The van der Waals surface area contributed by atoms with E-state index in [9.17, 15) is 14.0 Å². The third-order valence-corrected chi connectivity index (χ3v) is 2.11. The molecule has 0 heterocycles. The van der Waals surface area contributed by atoms with Gasteiger partial charge in [-0.25, -0.2) is 9.18 Å². The van der Waals surface area contributed by atoms with Crippen LogP contribution in [-0.4, -0.2) is 17.0 Å². The summed E-state index contributed by atoms with van der Waals surface area (Å²) >= 11 is 0. The number of nitrogens with one attached hydrogen (secondary N) is 1. The molecule has 1 amide bonds. The Labute approximate surface area is 97.8 Å². The number of carboxylic acid groups (broad SMARTS) is 1. The van der Waals surface area contributed by atoms with Crippen molar-refractivity contribution in [3.8, 4) is 0 Å².